The number of carboxylic acid groups (broad SMARTS) is 1. The first-order valence-electron chi connectivity index (χ1n) is 5.12. The van der Waals surface area contributed by atoms with E-state index in [4.69, 9.17) is 5.11 Å². The Kier molecular flexibility index (Phi) is 3.36. The largest absolute Gasteiger partial charge is 0.480 e. The van der Waals surface area contributed by atoms with Crippen molar-refractivity contribution < 1.29 is 18.3 Å². The van der Waals surface area contributed by atoms with Gasteiger partial charge >= 0.3 is 5.97 Å². The summed E-state index contributed by atoms with van der Waals surface area (Å²) >= 11 is 0. The van der Waals surface area contributed by atoms with Crippen LogP contribution in [0.4, 0.5) is 0 Å². The highest BCUT2D eigenvalue weighted by Crippen LogP contribution is 2.15. The Labute approximate surface area is 108 Å². The predicted molar refractivity (Wildman–Crippen MR) is 62.5 cm³/mol. The summed E-state index contributed by atoms with van der Waals surface area (Å²) < 4.78 is 27.3. The maximum absolute atomic E-state index is 11.9. The Morgan fingerprint density at radius 1 is 1.53 bits per heavy atom. The van der Waals surface area contributed by atoms with Crippen LogP contribution in [0.3, 0.4) is 0 Å². The highest BCUT2D eigenvalue weighted by atomic mass is 32.2. The summed E-state index contributed by atoms with van der Waals surface area (Å²) in [7, 11) is -2.38. The Balaban J connectivity index is 2.30. The van der Waals surface area contributed by atoms with Gasteiger partial charge in [-0.2, -0.15) is 9.82 Å². The molecule has 9 nitrogen and oxygen atoms in total. The lowest BCUT2D eigenvalue weighted by Gasteiger charge is -2.12. The number of aromatic amines is 1. The third-order valence-electron chi connectivity index (χ3n) is 2.34. The fourth-order valence-corrected chi connectivity index (χ4v) is 2.54. The molecule has 10 heteroatoms. The van der Waals surface area contributed by atoms with E-state index in [1.807, 2.05) is 0 Å². The quantitative estimate of drug-likeness (QED) is 0.662. The van der Waals surface area contributed by atoms with Gasteiger partial charge in [-0.3, -0.25) is 9.48 Å². The Morgan fingerprint density at radius 2 is 2.26 bits per heavy atom. The molecule has 102 valence electrons. The van der Waals surface area contributed by atoms with Crippen molar-refractivity contribution in [2.45, 2.75) is 11.1 Å². The van der Waals surface area contributed by atoms with Crippen molar-refractivity contribution in [3.8, 4) is 0 Å². The van der Waals surface area contributed by atoms with E-state index in [-0.39, 0.29) is 10.6 Å². The van der Waals surface area contributed by atoms with E-state index >= 15 is 0 Å². The molecular formula is C9H11N5O4S. The molecule has 0 saturated heterocycles. The van der Waals surface area contributed by atoms with Crippen LogP contribution in [0.25, 0.3) is 0 Å². The molecule has 1 atom stereocenters. The number of carbonyl (C=O) groups is 1. The van der Waals surface area contributed by atoms with E-state index in [1.54, 1.807) is 7.05 Å². The second-order valence-electron chi connectivity index (χ2n) is 3.76. The van der Waals surface area contributed by atoms with Crippen LogP contribution in [0, 0.1) is 0 Å². The average Bonchev–Trinajstić information content (AvgIpc) is 2.96. The Morgan fingerprint density at radius 3 is 2.74 bits per heavy atom. The number of aromatic nitrogens is 4. The minimum absolute atomic E-state index is 0.206. The van der Waals surface area contributed by atoms with Gasteiger partial charge in [0.1, 0.15) is 6.04 Å². The number of nitrogens with zero attached hydrogens (tertiary/aromatic N) is 3. The molecule has 2 rings (SSSR count). The topological polar surface area (TPSA) is 130 Å². The summed E-state index contributed by atoms with van der Waals surface area (Å²) in [5.41, 5.74) is 0.234. The molecule has 0 aliphatic rings. The van der Waals surface area contributed by atoms with Crippen LogP contribution in [0.5, 0.6) is 0 Å². The number of carboxylic acids is 1. The third-order valence-corrected chi connectivity index (χ3v) is 3.69. The molecule has 2 heterocycles. The van der Waals surface area contributed by atoms with E-state index in [0.29, 0.717) is 0 Å². The summed E-state index contributed by atoms with van der Waals surface area (Å²) in [6.45, 7) is 0. The van der Waals surface area contributed by atoms with Crippen molar-refractivity contribution >= 4 is 16.0 Å². The summed E-state index contributed by atoms with van der Waals surface area (Å²) in [6.07, 6.45) is 4.99. The zero-order valence-electron chi connectivity index (χ0n) is 9.81. The molecular weight excluding hydrogens is 274 g/mol. The van der Waals surface area contributed by atoms with Gasteiger partial charge in [0.05, 0.1) is 18.7 Å². The number of H-pyrrole nitrogens is 1. The van der Waals surface area contributed by atoms with Crippen molar-refractivity contribution in [2.75, 3.05) is 0 Å². The van der Waals surface area contributed by atoms with Crippen LogP contribution in [0.2, 0.25) is 0 Å². The molecule has 0 spiro atoms. The summed E-state index contributed by atoms with van der Waals surface area (Å²) in [6, 6.07) is -1.41. The number of hydrogen-bond donors (Lipinski definition) is 3. The first-order valence-corrected chi connectivity index (χ1v) is 6.60. The molecule has 0 fully saturated rings. The van der Waals surface area contributed by atoms with Crippen LogP contribution < -0.4 is 4.72 Å². The molecule has 3 N–H and O–H groups in total. The van der Waals surface area contributed by atoms with E-state index in [0.717, 1.165) is 6.20 Å². The maximum Gasteiger partial charge on any atom is 0.326 e. The third kappa shape index (κ3) is 2.80. The number of rotatable bonds is 5. The van der Waals surface area contributed by atoms with Crippen LogP contribution in [0.1, 0.15) is 11.6 Å². The van der Waals surface area contributed by atoms with E-state index in [2.05, 4.69) is 19.8 Å². The van der Waals surface area contributed by atoms with E-state index in [1.165, 1.54) is 23.4 Å². The molecule has 0 amide bonds. The van der Waals surface area contributed by atoms with Gasteiger partial charge in [0.2, 0.25) is 0 Å². The Hall–Kier alpha value is -2.20. The first-order chi connectivity index (χ1) is 8.90. The maximum atomic E-state index is 11.9. The van der Waals surface area contributed by atoms with Gasteiger partial charge in [0.25, 0.3) is 10.0 Å². The SMILES string of the molecule is Cn1cc(C(NS(=O)(=O)c2cnc[nH]2)C(=O)O)cn1. The zero-order chi connectivity index (χ0) is 14.0. The van der Waals surface area contributed by atoms with Crippen molar-refractivity contribution in [2.24, 2.45) is 7.05 Å². The Bertz CT molecular complexity index is 675. The fraction of sp³-hybridized carbons (Fsp3) is 0.222. The lowest BCUT2D eigenvalue weighted by molar-refractivity contribution is -0.139. The van der Waals surface area contributed by atoms with Crippen LogP contribution in [-0.2, 0) is 21.9 Å². The standard InChI is InChI=1S/C9H11N5O4S/c1-14-4-6(2-12-14)8(9(15)16)13-19(17,18)7-3-10-5-11-7/h2-5,8,13H,1H3,(H,10,11)(H,15,16). The normalized spacial score (nSPS) is 13.3. The second kappa shape index (κ2) is 4.82. The van der Waals surface area contributed by atoms with Crippen molar-refractivity contribution in [3.05, 3.63) is 30.5 Å². The smallest absolute Gasteiger partial charge is 0.326 e. The molecule has 2 aromatic heterocycles. The van der Waals surface area contributed by atoms with Gasteiger partial charge in [-0.15, -0.1) is 0 Å². The monoisotopic (exact) mass is 285 g/mol. The number of imidazole rings is 1. The van der Waals surface area contributed by atoms with Gasteiger partial charge in [0, 0.05) is 18.8 Å². The molecule has 0 bridgehead atoms. The number of nitrogens with one attached hydrogen (secondary N) is 2. The fourth-order valence-electron chi connectivity index (χ4n) is 1.46. The van der Waals surface area contributed by atoms with Crippen LogP contribution in [0.15, 0.2) is 29.9 Å². The van der Waals surface area contributed by atoms with Crippen molar-refractivity contribution in [1.82, 2.24) is 24.5 Å². The molecule has 0 radical (unpaired) electrons. The summed E-state index contributed by atoms with van der Waals surface area (Å²) in [5, 5.41) is 12.7. The number of sulfonamides is 1. The lowest BCUT2D eigenvalue weighted by atomic mass is 10.2. The molecule has 0 aromatic carbocycles. The van der Waals surface area contributed by atoms with E-state index in [9.17, 15) is 13.2 Å². The van der Waals surface area contributed by atoms with E-state index < -0.39 is 22.0 Å². The number of aryl methyl sites for hydroxylation is 1. The van der Waals surface area contributed by atoms with Gasteiger partial charge < -0.3 is 10.1 Å². The highest BCUT2D eigenvalue weighted by molar-refractivity contribution is 7.89. The second-order valence-corrected chi connectivity index (χ2v) is 5.44. The van der Waals surface area contributed by atoms with Crippen molar-refractivity contribution in [3.63, 3.8) is 0 Å². The molecule has 0 aliphatic heterocycles. The van der Waals surface area contributed by atoms with Crippen LogP contribution >= 0.6 is 0 Å². The highest BCUT2D eigenvalue weighted by Gasteiger charge is 2.28. The molecule has 0 aliphatic carbocycles. The zero-order valence-corrected chi connectivity index (χ0v) is 10.6. The average molecular weight is 285 g/mol. The first kappa shape index (κ1) is 13.2. The minimum Gasteiger partial charge on any atom is -0.480 e. The number of hydrogen-bond acceptors (Lipinski definition) is 5. The number of aliphatic carboxylic acids is 1. The lowest BCUT2D eigenvalue weighted by Crippen LogP contribution is -2.33. The summed E-state index contributed by atoms with van der Waals surface area (Å²) in [5.74, 6) is -1.32. The van der Waals surface area contributed by atoms with Crippen LogP contribution in [-0.4, -0.2) is 39.2 Å². The predicted octanol–water partition coefficient (Wildman–Crippen LogP) is -0.753. The van der Waals surface area contributed by atoms with Gasteiger partial charge in [-0.25, -0.2) is 13.4 Å². The molecule has 0 saturated carbocycles. The molecule has 19 heavy (non-hydrogen) atoms. The minimum atomic E-state index is -3.99. The van der Waals surface area contributed by atoms with Gasteiger partial charge in [0.15, 0.2) is 5.03 Å². The summed E-state index contributed by atoms with van der Waals surface area (Å²) in [4.78, 5) is 17.1. The van der Waals surface area contributed by atoms with Gasteiger partial charge in [-0.1, -0.05) is 0 Å². The van der Waals surface area contributed by atoms with Gasteiger partial charge in [-0.05, 0) is 0 Å². The molecule has 1 unspecified atom stereocenters. The molecule has 2 aromatic rings. The van der Waals surface area contributed by atoms with Crippen molar-refractivity contribution in [1.29, 1.82) is 0 Å².